The fourth-order valence-electron chi connectivity index (χ4n) is 1.64. The fourth-order valence-corrected chi connectivity index (χ4v) is 2.01. The Bertz CT molecular complexity index is 665. The molecule has 0 atom stereocenters. The van der Waals surface area contributed by atoms with Crippen LogP contribution in [0.5, 0.6) is 0 Å². The van der Waals surface area contributed by atoms with Crippen LogP contribution in [0.15, 0.2) is 28.2 Å². The summed E-state index contributed by atoms with van der Waals surface area (Å²) in [6, 6.07) is 7.50. The molecular weight excluding hydrogens is 248 g/mol. The second kappa shape index (κ2) is 5.10. The Balaban J connectivity index is 2.31. The summed E-state index contributed by atoms with van der Waals surface area (Å²) in [4.78, 5) is 14.3. The van der Waals surface area contributed by atoms with Gasteiger partial charge in [-0.15, -0.1) is 5.10 Å². The van der Waals surface area contributed by atoms with Crippen molar-refractivity contribution in [2.45, 2.75) is 18.6 Å². The van der Waals surface area contributed by atoms with Crippen LogP contribution >= 0.6 is 11.8 Å². The molecule has 0 saturated heterocycles. The van der Waals surface area contributed by atoms with Crippen molar-refractivity contribution >= 4 is 11.8 Å². The Kier molecular flexibility index (Phi) is 3.53. The second-order valence-electron chi connectivity index (χ2n) is 3.85. The third-order valence-corrected chi connectivity index (χ3v) is 3.22. The van der Waals surface area contributed by atoms with Crippen LogP contribution < -0.4 is 5.69 Å². The maximum Gasteiger partial charge on any atom is 0.344 e. The molecule has 0 saturated carbocycles. The van der Waals surface area contributed by atoms with Gasteiger partial charge in [0.05, 0.1) is 18.2 Å². The molecule has 1 heterocycles. The minimum atomic E-state index is -0.219. The molecule has 0 aliphatic heterocycles. The lowest BCUT2D eigenvalue weighted by atomic mass is 10.1. The Labute approximate surface area is 108 Å². The van der Waals surface area contributed by atoms with E-state index in [0.717, 1.165) is 11.1 Å². The largest absolute Gasteiger partial charge is 0.344 e. The molecule has 0 fully saturated rings. The van der Waals surface area contributed by atoms with Crippen LogP contribution in [0.1, 0.15) is 16.7 Å². The number of nitrogens with zero attached hydrogens (tertiary/aromatic N) is 3. The quantitative estimate of drug-likeness (QED) is 0.849. The standard InChI is InChI=1S/C12H12N4OS/c1-8-5-9(6-13)3-4-10(8)7-16-12(17)14-11(15-16)18-2/h3-5H,7H2,1-2H3,(H,14,15,17). The molecule has 6 heteroatoms. The van der Waals surface area contributed by atoms with Gasteiger partial charge < -0.3 is 0 Å². The maximum absolute atomic E-state index is 11.6. The van der Waals surface area contributed by atoms with Crippen molar-refractivity contribution in [1.82, 2.24) is 14.8 Å². The second-order valence-corrected chi connectivity index (χ2v) is 4.65. The number of nitriles is 1. The number of aromatic nitrogens is 3. The zero-order valence-electron chi connectivity index (χ0n) is 10.1. The van der Waals surface area contributed by atoms with Gasteiger partial charge in [-0.2, -0.15) is 5.26 Å². The molecule has 0 aliphatic carbocycles. The van der Waals surface area contributed by atoms with Gasteiger partial charge in [0.1, 0.15) is 0 Å². The molecular formula is C12H12N4OS. The number of H-pyrrole nitrogens is 1. The molecule has 0 bridgehead atoms. The van der Waals surface area contributed by atoms with E-state index >= 15 is 0 Å². The Hall–Kier alpha value is -2.00. The van der Waals surface area contributed by atoms with Gasteiger partial charge in [-0.1, -0.05) is 17.8 Å². The molecule has 0 unspecified atom stereocenters. The van der Waals surface area contributed by atoms with Crippen LogP contribution in [0.2, 0.25) is 0 Å². The minimum absolute atomic E-state index is 0.219. The van der Waals surface area contributed by atoms with Crippen molar-refractivity contribution in [2.24, 2.45) is 0 Å². The van der Waals surface area contributed by atoms with Crippen molar-refractivity contribution in [2.75, 3.05) is 6.26 Å². The third kappa shape index (κ3) is 2.46. The summed E-state index contributed by atoms with van der Waals surface area (Å²) in [6.45, 7) is 2.33. The first-order valence-electron chi connectivity index (χ1n) is 5.35. The van der Waals surface area contributed by atoms with Crippen LogP contribution in [0.4, 0.5) is 0 Å². The van der Waals surface area contributed by atoms with Gasteiger partial charge in [0.15, 0.2) is 5.16 Å². The predicted octanol–water partition coefficient (Wildman–Crippen LogP) is 1.52. The number of aromatic amines is 1. The lowest BCUT2D eigenvalue weighted by Gasteiger charge is -2.05. The summed E-state index contributed by atoms with van der Waals surface area (Å²) in [5.74, 6) is 0. The highest BCUT2D eigenvalue weighted by Gasteiger charge is 2.07. The molecule has 1 N–H and O–H groups in total. The van der Waals surface area contributed by atoms with Crippen molar-refractivity contribution in [3.05, 3.63) is 45.4 Å². The van der Waals surface area contributed by atoms with Crippen molar-refractivity contribution in [3.8, 4) is 6.07 Å². The number of nitrogens with one attached hydrogen (secondary N) is 1. The van der Waals surface area contributed by atoms with E-state index in [1.54, 1.807) is 6.07 Å². The monoisotopic (exact) mass is 260 g/mol. The number of rotatable bonds is 3. The summed E-state index contributed by atoms with van der Waals surface area (Å²) in [6.07, 6.45) is 1.86. The van der Waals surface area contributed by atoms with Crippen molar-refractivity contribution < 1.29 is 0 Å². The lowest BCUT2D eigenvalue weighted by molar-refractivity contribution is 0.643. The van der Waals surface area contributed by atoms with Crippen LogP contribution in [0, 0.1) is 18.3 Å². The molecule has 0 spiro atoms. The van der Waals surface area contributed by atoms with Crippen molar-refractivity contribution in [3.63, 3.8) is 0 Å². The van der Waals surface area contributed by atoms with E-state index in [4.69, 9.17) is 5.26 Å². The smallest absolute Gasteiger partial charge is 0.284 e. The van der Waals surface area contributed by atoms with Crippen LogP contribution in [-0.4, -0.2) is 21.0 Å². The van der Waals surface area contributed by atoms with Crippen LogP contribution in [-0.2, 0) is 6.54 Å². The van der Waals surface area contributed by atoms with E-state index in [0.29, 0.717) is 17.3 Å². The van der Waals surface area contributed by atoms with Gasteiger partial charge in [-0.3, -0.25) is 4.98 Å². The van der Waals surface area contributed by atoms with Crippen molar-refractivity contribution in [1.29, 1.82) is 5.26 Å². The molecule has 92 valence electrons. The first kappa shape index (κ1) is 12.5. The Morgan fingerprint density at radius 2 is 2.33 bits per heavy atom. The zero-order chi connectivity index (χ0) is 13.1. The van der Waals surface area contributed by atoms with Gasteiger partial charge in [0.2, 0.25) is 0 Å². The molecule has 1 aromatic carbocycles. The number of hydrogen-bond acceptors (Lipinski definition) is 4. The Morgan fingerprint density at radius 3 is 2.89 bits per heavy atom. The summed E-state index contributed by atoms with van der Waals surface area (Å²) in [5.41, 5.74) is 2.36. The first-order valence-corrected chi connectivity index (χ1v) is 6.57. The van der Waals surface area contributed by atoms with Gasteiger partial charge in [0, 0.05) is 0 Å². The van der Waals surface area contributed by atoms with E-state index < -0.39 is 0 Å². The summed E-state index contributed by atoms with van der Waals surface area (Å²) in [7, 11) is 0. The summed E-state index contributed by atoms with van der Waals surface area (Å²) in [5, 5.41) is 13.6. The highest BCUT2D eigenvalue weighted by Crippen LogP contribution is 2.12. The van der Waals surface area contributed by atoms with E-state index in [2.05, 4.69) is 16.2 Å². The number of thioether (sulfide) groups is 1. The highest BCUT2D eigenvalue weighted by atomic mass is 32.2. The van der Waals surface area contributed by atoms with Crippen LogP contribution in [0.3, 0.4) is 0 Å². The fraction of sp³-hybridized carbons (Fsp3) is 0.250. The maximum atomic E-state index is 11.6. The van der Waals surface area contributed by atoms with Gasteiger partial charge in [0.25, 0.3) is 0 Å². The van der Waals surface area contributed by atoms with Gasteiger partial charge in [-0.05, 0) is 36.4 Å². The normalized spacial score (nSPS) is 10.3. The average Bonchev–Trinajstić information content (AvgIpc) is 2.72. The van der Waals surface area contributed by atoms with Gasteiger partial charge >= 0.3 is 5.69 Å². The highest BCUT2D eigenvalue weighted by molar-refractivity contribution is 7.98. The zero-order valence-corrected chi connectivity index (χ0v) is 10.9. The molecule has 18 heavy (non-hydrogen) atoms. The molecule has 0 radical (unpaired) electrons. The molecule has 5 nitrogen and oxygen atoms in total. The summed E-state index contributed by atoms with van der Waals surface area (Å²) >= 11 is 1.39. The topological polar surface area (TPSA) is 74.5 Å². The van der Waals surface area contributed by atoms with Crippen LogP contribution in [0.25, 0.3) is 0 Å². The molecule has 0 aliphatic rings. The minimum Gasteiger partial charge on any atom is -0.284 e. The molecule has 2 aromatic rings. The molecule has 2 rings (SSSR count). The van der Waals surface area contributed by atoms with E-state index in [-0.39, 0.29) is 5.69 Å². The van der Waals surface area contributed by atoms with E-state index in [9.17, 15) is 4.79 Å². The molecule has 0 amide bonds. The first-order chi connectivity index (χ1) is 8.63. The Morgan fingerprint density at radius 1 is 1.56 bits per heavy atom. The van der Waals surface area contributed by atoms with E-state index in [1.165, 1.54) is 16.4 Å². The molecule has 1 aromatic heterocycles. The third-order valence-electron chi connectivity index (χ3n) is 2.64. The average molecular weight is 260 g/mol. The number of hydrogen-bond donors (Lipinski definition) is 1. The van der Waals surface area contributed by atoms with Gasteiger partial charge in [-0.25, -0.2) is 9.48 Å². The predicted molar refractivity (Wildman–Crippen MR) is 69.6 cm³/mol. The number of benzene rings is 1. The van der Waals surface area contributed by atoms with E-state index in [1.807, 2.05) is 25.3 Å². The number of aryl methyl sites for hydroxylation is 1. The summed E-state index contributed by atoms with van der Waals surface area (Å²) < 4.78 is 1.39. The SMILES string of the molecule is CSc1nn(Cc2ccc(C#N)cc2C)c(=O)[nH]1. The lowest BCUT2D eigenvalue weighted by Crippen LogP contribution is -2.19.